The lowest BCUT2D eigenvalue weighted by molar-refractivity contribution is 0.0880. The van der Waals surface area contributed by atoms with Crippen LogP contribution in [0.5, 0.6) is 0 Å². The van der Waals surface area contributed by atoms with Crippen molar-refractivity contribution in [2.75, 3.05) is 5.73 Å². The standard InChI is InChI=1S/C11H12N2O2/c1-5(2)6-3-4-7-8(9(6)12)11(15)13-10(7)14/h3-5H,12H2,1-2H3,(H,13,14,15). The minimum Gasteiger partial charge on any atom is -0.398 e. The Hall–Kier alpha value is -1.84. The number of amides is 2. The van der Waals surface area contributed by atoms with Crippen LogP contribution in [0, 0.1) is 0 Å². The summed E-state index contributed by atoms with van der Waals surface area (Å²) < 4.78 is 0. The van der Waals surface area contributed by atoms with E-state index in [4.69, 9.17) is 5.73 Å². The zero-order chi connectivity index (χ0) is 11.2. The quantitative estimate of drug-likeness (QED) is 0.534. The summed E-state index contributed by atoms with van der Waals surface area (Å²) in [5.74, 6) is -0.522. The molecule has 1 aliphatic rings. The number of benzene rings is 1. The Morgan fingerprint density at radius 3 is 2.47 bits per heavy atom. The highest BCUT2D eigenvalue weighted by atomic mass is 16.2. The third kappa shape index (κ3) is 1.29. The Kier molecular flexibility index (Phi) is 2.00. The van der Waals surface area contributed by atoms with E-state index in [2.05, 4.69) is 5.32 Å². The molecule has 0 aromatic heterocycles. The molecule has 0 radical (unpaired) electrons. The van der Waals surface area contributed by atoms with E-state index < -0.39 is 5.91 Å². The minimum atomic E-state index is -0.394. The molecule has 15 heavy (non-hydrogen) atoms. The first-order chi connectivity index (χ1) is 7.02. The molecule has 78 valence electrons. The van der Waals surface area contributed by atoms with Gasteiger partial charge >= 0.3 is 0 Å². The number of nitrogens with two attached hydrogens (primary N) is 1. The molecule has 4 heteroatoms. The highest BCUT2D eigenvalue weighted by molar-refractivity contribution is 6.23. The molecule has 3 N–H and O–H groups in total. The van der Waals surface area contributed by atoms with Crippen molar-refractivity contribution in [3.63, 3.8) is 0 Å². The molecular weight excluding hydrogens is 192 g/mol. The zero-order valence-corrected chi connectivity index (χ0v) is 8.63. The van der Waals surface area contributed by atoms with E-state index in [0.29, 0.717) is 16.8 Å². The molecule has 1 aromatic carbocycles. The second-order valence-corrected chi connectivity index (χ2v) is 3.93. The van der Waals surface area contributed by atoms with Crippen molar-refractivity contribution in [1.82, 2.24) is 5.32 Å². The third-order valence-electron chi connectivity index (χ3n) is 2.60. The van der Waals surface area contributed by atoms with E-state index in [1.165, 1.54) is 0 Å². The predicted molar refractivity (Wildman–Crippen MR) is 56.7 cm³/mol. The number of imide groups is 1. The van der Waals surface area contributed by atoms with Crippen LogP contribution in [0.3, 0.4) is 0 Å². The average molecular weight is 204 g/mol. The fourth-order valence-corrected chi connectivity index (χ4v) is 1.81. The van der Waals surface area contributed by atoms with Crippen LogP contribution < -0.4 is 11.1 Å². The van der Waals surface area contributed by atoms with Crippen LogP contribution in [0.15, 0.2) is 12.1 Å². The van der Waals surface area contributed by atoms with Crippen molar-refractivity contribution in [3.05, 3.63) is 28.8 Å². The van der Waals surface area contributed by atoms with Gasteiger partial charge in [0, 0.05) is 5.69 Å². The van der Waals surface area contributed by atoms with Gasteiger partial charge in [-0.15, -0.1) is 0 Å². The maximum atomic E-state index is 11.5. The summed E-state index contributed by atoms with van der Waals surface area (Å²) in [5.41, 5.74) is 7.90. The van der Waals surface area contributed by atoms with Crippen LogP contribution in [-0.2, 0) is 0 Å². The van der Waals surface area contributed by atoms with Crippen molar-refractivity contribution >= 4 is 17.5 Å². The number of nitrogen functional groups attached to an aromatic ring is 1. The van der Waals surface area contributed by atoms with Gasteiger partial charge < -0.3 is 5.73 Å². The monoisotopic (exact) mass is 204 g/mol. The topological polar surface area (TPSA) is 72.2 Å². The van der Waals surface area contributed by atoms with Crippen LogP contribution in [0.1, 0.15) is 46.0 Å². The predicted octanol–water partition coefficient (Wildman–Crippen LogP) is 1.28. The number of fused-ring (bicyclic) bond motifs is 1. The maximum Gasteiger partial charge on any atom is 0.261 e. The average Bonchev–Trinajstić information content (AvgIpc) is 2.43. The largest absolute Gasteiger partial charge is 0.398 e. The van der Waals surface area contributed by atoms with Crippen LogP contribution in [-0.4, -0.2) is 11.8 Å². The van der Waals surface area contributed by atoms with Gasteiger partial charge in [0.2, 0.25) is 0 Å². The zero-order valence-electron chi connectivity index (χ0n) is 8.63. The van der Waals surface area contributed by atoms with Gasteiger partial charge in [-0.05, 0) is 17.5 Å². The van der Waals surface area contributed by atoms with Crippen molar-refractivity contribution < 1.29 is 9.59 Å². The van der Waals surface area contributed by atoms with Crippen molar-refractivity contribution in [3.8, 4) is 0 Å². The van der Waals surface area contributed by atoms with Crippen molar-refractivity contribution in [2.45, 2.75) is 19.8 Å². The van der Waals surface area contributed by atoms with E-state index in [1.54, 1.807) is 12.1 Å². The van der Waals surface area contributed by atoms with E-state index in [0.717, 1.165) is 5.56 Å². The van der Waals surface area contributed by atoms with Gasteiger partial charge in [-0.2, -0.15) is 0 Å². The summed E-state index contributed by atoms with van der Waals surface area (Å²) in [6.07, 6.45) is 0. The van der Waals surface area contributed by atoms with Gasteiger partial charge in [0.15, 0.2) is 0 Å². The van der Waals surface area contributed by atoms with Gasteiger partial charge in [0.1, 0.15) is 0 Å². The van der Waals surface area contributed by atoms with Gasteiger partial charge in [0.05, 0.1) is 11.1 Å². The number of rotatable bonds is 1. The minimum absolute atomic E-state index is 0.235. The molecule has 0 saturated carbocycles. The fraction of sp³-hybridized carbons (Fsp3) is 0.273. The lowest BCUT2D eigenvalue weighted by atomic mass is 9.95. The van der Waals surface area contributed by atoms with Gasteiger partial charge in [0.25, 0.3) is 11.8 Å². The van der Waals surface area contributed by atoms with Crippen molar-refractivity contribution in [1.29, 1.82) is 0 Å². The Bertz CT molecular complexity index is 464. The lowest BCUT2D eigenvalue weighted by Crippen LogP contribution is -2.20. The number of anilines is 1. The summed E-state index contributed by atoms with van der Waals surface area (Å²) in [6.45, 7) is 3.99. The highest BCUT2D eigenvalue weighted by Crippen LogP contribution is 2.30. The number of hydrogen-bond donors (Lipinski definition) is 2. The molecule has 2 rings (SSSR count). The van der Waals surface area contributed by atoms with Crippen LogP contribution in [0.25, 0.3) is 0 Å². The molecule has 1 heterocycles. The molecule has 0 bridgehead atoms. The molecule has 4 nitrogen and oxygen atoms in total. The summed E-state index contributed by atoms with van der Waals surface area (Å²) in [4.78, 5) is 22.8. The number of hydrogen-bond acceptors (Lipinski definition) is 3. The molecule has 0 atom stereocenters. The van der Waals surface area contributed by atoms with Gasteiger partial charge in [-0.1, -0.05) is 19.9 Å². The molecule has 0 spiro atoms. The number of carbonyl (C=O) groups is 2. The number of nitrogens with one attached hydrogen (secondary N) is 1. The smallest absolute Gasteiger partial charge is 0.261 e. The third-order valence-corrected chi connectivity index (χ3v) is 2.60. The summed E-state index contributed by atoms with van der Waals surface area (Å²) in [6, 6.07) is 3.46. The Labute approximate surface area is 87.5 Å². The van der Waals surface area contributed by atoms with E-state index in [1.807, 2.05) is 13.8 Å². The second-order valence-electron chi connectivity index (χ2n) is 3.93. The van der Waals surface area contributed by atoms with E-state index in [-0.39, 0.29) is 11.8 Å². The maximum absolute atomic E-state index is 11.5. The first kappa shape index (κ1) is 9.71. The van der Waals surface area contributed by atoms with Crippen LogP contribution in [0.4, 0.5) is 5.69 Å². The first-order valence-electron chi connectivity index (χ1n) is 4.80. The molecule has 1 aliphatic heterocycles. The molecule has 0 saturated heterocycles. The first-order valence-corrected chi connectivity index (χ1v) is 4.80. The summed E-state index contributed by atoms with van der Waals surface area (Å²) in [5, 5.41) is 2.23. The van der Waals surface area contributed by atoms with Gasteiger partial charge in [-0.3, -0.25) is 14.9 Å². The molecule has 0 unspecified atom stereocenters. The Balaban J connectivity index is 2.68. The molecule has 0 aliphatic carbocycles. The Morgan fingerprint density at radius 1 is 1.20 bits per heavy atom. The summed E-state index contributed by atoms with van der Waals surface area (Å²) >= 11 is 0. The van der Waals surface area contributed by atoms with E-state index in [9.17, 15) is 9.59 Å². The van der Waals surface area contributed by atoms with E-state index >= 15 is 0 Å². The summed E-state index contributed by atoms with van der Waals surface area (Å²) in [7, 11) is 0. The van der Waals surface area contributed by atoms with Crippen molar-refractivity contribution in [2.24, 2.45) is 0 Å². The molecule has 0 fully saturated rings. The molecule has 2 amide bonds. The van der Waals surface area contributed by atoms with Crippen LogP contribution >= 0.6 is 0 Å². The van der Waals surface area contributed by atoms with Crippen LogP contribution in [0.2, 0.25) is 0 Å². The molecular formula is C11H12N2O2. The van der Waals surface area contributed by atoms with Gasteiger partial charge in [-0.25, -0.2) is 0 Å². The fourth-order valence-electron chi connectivity index (χ4n) is 1.81. The number of carbonyl (C=O) groups excluding carboxylic acids is 2. The second kappa shape index (κ2) is 3.08. The lowest BCUT2D eigenvalue weighted by Gasteiger charge is -2.11. The SMILES string of the molecule is CC(C)c1ccc2c(c1N)C(=O)NC2=O. The normalized spacial score (nSPS) is 14.3. The Morgan fingerprint density at radius 2 is 1.87 bits per heavy atom. The highest BCUT2D eigenvalue weighted by Gasteiger charge is 2.30. The molecule has 1 aromatic rings.